The molecule has 0 spiro atoms. The van der Waals surface area contributed by atoms with Crippen molar-refractivity contribution in [1.82, 2.24) is 0 Å². The summed E-state index contributed by atoms with van der Waals surface area (Å²) >= 11 is 3.67. The summed E-state index contributed by atoms with van der Waals surface area (Å²) in [5, 5.41) is 0. The largest absolute Gasteiger partial charge is 0.382 e. The van der Waals surface area contributed by atoms with Crippen molar-refractivity contribution in [3.05, 3.63) is 0 Å². The Bertz CT molecular complexity index is 95.8. The van der Waals surface area contributed by atoms with E-state index in [1.807, 2.05) is 6.92 Å². The molecule has 0 aromatic carbocycles. The molecule has 0 aromatic rings. The molecule has 12 heavy (non-hydrogen) atoms. The molecule has 0 saturated carbocycles. The van der Waals surface area contributed by atoms with Crippen molar-refractivity contribution >= 4 is 15.9 Å². The summed E-state index contributed by atoms with van der Waals surface area (Å²) < 4.78 is 5.28. The maximum atomic E-state index is 5.28. The third-order valence-electron chi connectivity index (χ3n) is 2.16. The second-order valence-corrected chi connectivity index (χ2v) is 4.42. The highest BCUT2D eigenvalue weighted by Gasteiger charge is 2.10. The summed E-state index contributed by atoms with van der Waals surface area (Å²) in [5.74, 6) is 0.774. The first kappa shape index (κ1) is 12.4. The van der Waals surface area contributed by atoms with Gasteiger partial charge in [0.15, 0.2) is 0 Å². The minimum absolute atomic E-state index is 0.680. The molecule has 0 saturated heterocycles. The lowest BCUT2D eigenvalue weighted by Crippen LogP contribution is -2.10. The normalized spacial score (nSPS) is 16.0. The van der Waals surface area contributed by atoms with Crippen molar-refractivity contribution < 1.29 is 4.74 Å². The second kappa shape index (κ2) is 8.06. The van der Waals surface area contributed by atoms with E-state index in [0.29, 0.717) is 4.83 Å². The molecule has 0 aliphatic heterocycles. The second-order valence-electron chi connectivity index (χ2n) is 3.24. The molecule has 0 bridgehead atoms. The fourth-order valence-corrected chi connectivity index (χ4v) is 1.50. The fourth-order valence-electron chi connectivity index (χ4n) is 1.23. The Morgan fingerprint density at radius 3 is 2.50 bits per heavy atom. The van der Waals surface area contributed by atoms with Gasteiger partial charge in [-0.2, -0.15) is 0 Å². The van der Waals surface area contributed by atoms with E-state index in [1.54, 1.807) is 0 Å². The van der Waals surface area contributed by atoms with Crippen molar-refractivity contribution in [1.29, 1.82) is 0 Å². The molecule has 0 rings (SSSR count). The highest BCUT2D eigenvalue weighted by Crippen LogP contribution is 2.20. The van der Waals surface area contributed by atoms with E-state index in [9.17, 15) is 0 Å². The molecule has 0 aliphatic rings. The monoisotopic (exact) mass is 236 g/mol. The number of rotatable bonds is 7. The molecule has 0 heterocycles. The van der Waals surface area contributed by atoms with Gasteiger partial charge in [0.05, 0.1) is 0 Å². The summed E-state index contributed by atoms with van der Waals surface area (Å²) in [4.78, 5) is 0.680. The first-order valence-corrected chi connectivity index (χ1v) is 5.85. The van der Waals surface area contributed by atoms with Gasteiger partial charge in [-0.15, -0.1) is 0 Å². The van der Waals surface area contributed by atoms with Gasteiger partial charge in [0, 0.05) is 18.0 Å². The predicted octanol–water partition coefficient (Wildman–Crippen LogP) is 3.61. The average Bonchev–Trinajstić information content (AvgIpc) is 2.10. The molecule has 0 radical (unpaired) electrons. The molecule has 0 N–H and O–H groups in total. The molecule has 0 amide bonds. The van der Waals surface area contributed by atoms with Gasteiger partial charge in [0.2, 0.25) is 0 Å². The van der Waals surface area contributed by atoms with Gasteiger partial charge in [-0.05, 0) is 32.1 Å². The SMILES string of the molecule is CCOCCCC(C)C(Br)CC. The van der Waals surface area contributed by atoms with Crippen LogP contribution in [-0.2, 0) is 4.74 Å². The van der Waals surface area contributed by atoms with Crippen LogP contribution in [0.15, 0.2) is 0 Å². The number of alkyl halides is 1. The van der Waals surface area contributed by atoms with E-state index in [1.165, 1.54) is 19.3 Å². The Morgan fingerprint density at radius 2 is 2.00 bits per heavy atom. The summed E-state index contributed by atoms with van der Waals surface area (Å²) in [5.41, 5.74) is 0. The van der Waals surface area contributed by atoms with Crippen LogP contribution in [0.3, 0.4) is 0 Å². The van der Waals surface area contributed by atoms with Gasteiger partial charge >= 0.3 is 0 Å². The molecule has 2 unspecified atom stereocenters. The molecule has 74 valence electrons. The third kappa shape index (κ3) is 6.01. The van der Waals surface area contributed by atoms with Gasteiger partial charge < -0.3 is 4.74 Å². The number of hydrogen-bond acceptors (Lipinski definition) is 1. The number of hydrogen-bond donors (Lipinski definition) is 0. The molecule has 0 aliphatic carbocycles. The van der Waals surface area contributed by atoms with Gasteiger partial charge in [0.25, 0.3) is 0 Å². The van der Waals surface area contributed by atoms with Gasteiger partial charge in [-0.1, -0.05) is 29.8 Å². The fraction of sp³-hybridized carbons (Fsp3) is 1.00. The Hall–Kier alpha value is 0.440. The quantitative estimate of drug-likeness (QED) is 0.485. The molecule has 0 fully saturated rings. The van der Waals surface area contributed by atoms with Crippen molar-refractivity contribution in [3.63, 3.8) is 0 Å². The molecule has 2 atom stereocenters. The van der Waals surface area contributed by atoms with Crippen LogP contribution in [0.1, 0.15) is 40.0 Å². The standard InChI is InChI=1S/C10H21BrO/c1-4-10(11)9(3)7-6-8-12-5-2/h9-10H,4-8H2,1-3H3. The topological polar surface area (TPSA) is 9.23 Å². The zero-order chi connectivity index (χ0) is 9.40. The molecule has 2 heteroatoms. The summed E-state index contributed by atoms with van der Waals surface area (Å²) in [6.07, 6.45) is 3.68. The van der Waals surface area contributed by atoms with Crippen molar-refractivity contribution in [2.75, 3.05) is 13.2 Å². The summed E-state index contributed by atoms with van der Waals surface area (Å²) in [6, 6.07) is 0. The highest BCUT2D eigenvalue weighted by atomic mass is 79.9. The Morgan fingerprint density at radius 1 is 1.33 bits per heavy atom. The highest BCUT2D eigenvalue weighted by molar-refractivity contribution is 9.09. The van der Waals surface area contributed by atoms with Crippen LogP contribution >= 0.6 is 15.9 Å². The number of halogens is 1. The average molecular weight is 237 g/mol. The lowest BCUT2D eigenvalue weighted by atomic mass is 10.0. The van der Waals surface area contributed by atoms with E-state index in [4.69, 9.17) is 4.74 Å². The van der Waals surface area contributed by atoms with Crippen LogP contribution in [-0.4, -0.2) is 18.0 Å². The molecule has 1 nitrogen and oxygen atoms in total. The maximum Gasteiger partial charge on any atom is 0.0465 e. The minimum atomic E-state index is 0.680. The lowest BCUT2D eigenvalue weighted by molar-refractivity contribution is 0.140. The van der Waals surface area contributed by atoms with Gasteiger partial charge in [-0.3, -0.25) is 0 Å². The first-order chi connectivity index (χ1) is 5.72. The van der Waals surface area contributed by atoms with Crippen LogP contribution in [0.25, 0.3) is 0 Å². The number of ether oxygens (including phenoxy) is 1. The van der Waals surface area contributed by atoms with E-state index in [0.717, 1.165) is 19.1 Å². The Kier molecular flexibility index (Phi) is 8.35. The van der Waals surface area contributed by atoms with E-state index in [-0.39, 0.29) is 0 Å². The molecular formula is C10H21BrO. The Labute approximate surface area is 85.0 Å². The van der Waals surface area contributed by atoms with Crippen molar-refractivity contribution in [3.8, 4) is 0 Å². The van der Waals surface area contributed by atoms with E-state index in [2.05, 4.69) is 29.8 Å². The molecule has 0 aromatic heterocycles. The van der Waals surface area contributed by atoms with Crippen LogP contribution in [0.5, 0.6) is 0 Å². The first-order valence-electron chi connectivity index (χ1n) is 4.94. The minimum Gasteiger partial charge on any atom is -0.382 e. The van der Waals surface area contributed by atoms with Crippen molar-refractivity contribution in [2.24, 2.45) is 5.92 Å². The van der Waals surface area contributed by atoms with Crippen molar-refractivity contribution in [2.45, 2.75) is 44.9 Å². The Balaban J connectivity index is 3.24. The zero-order valence-corrected chi connectivity index (χ0v) is 10.1. The smallest absolute Gasteiger partial charge is 0.0465 e. The maximum absolute atomic E-state index is 5.28. The summed E-state index contributed by atoms with van der Waals surface area (Å²) in [6.45, 7) is 8.33. The van der Waals surface area contributed by atoms with Gasteiger partial charge in [0.1, 0.15) is 0 Å². The van der Waals surface area contributed by atoms with Gasteiger partial charge in [-0.25, -0.2) is 0 Å². The summed E-state index contributed by atoms with van der Waals surface area (Å²) in [7, 11) is 0. The zero-order valence-electron chi connectivity index (χ0n) is 8.48. The van der Waals surface area contributed by atoms with Crippen LogP contribution in [0, 0.1) is 5.92 Å². The lowest BCUT2D eigenvalue weighted by Gasteiger charge is -2.15. The van der Waals surface area contributed by atoms with Crippen LogP contribution < -0.4 is 0 Å². The predicted molar refractivity (Wildman–Crippen MR) is 57.9 cm³/mol. The van der Waals surface area contributed by atoms with E-state index >= 15 is 0 Å². The third-order valence-corrected chi connectivity index (χ3v) is 3.71. The van der Waals surface area contributed by atoms with Crippen LogP contribution in [0.2, 0.25) is 0 Å². The van der Waals surface area contributed by atoms with E-state index < -0.39 is 0 Å². The van der Waals surface area contributed by atoms with Crippen LogP contribution in [0.4, 0.5) is 0 Å². The molecular weight excluding hydrogens is 216 g/mol.